The van der Waals surface area contributed by atoms with Crippen molar-refractivity contribution in [3.63, 3.8) is 0 Å². The number of fused-ring (bicyclic) bond motifs is 3. The Morgan fingerprint density at radius 1 is 1.03 bits per heavy atom. The predicted octanol–water partition coefficient (Wildman–Crippen LogP) is 7.31. The summed E-state index contributed by atoms with van der Waals surface area (Å²) in [4.78, 5) is 7.88. The molecular weight excluding hydrogens is 428 g/mol. The molecule has 0 radical (unpaired) electrons. The van der Waals surface area contributed by atoms with Crippen LogP contribution in [0.1, 0.15) is 132 Å². The number of rotatable bonds is 0. The average Bonchev–Trinajstić information content (AvgIpc) is 3.58. The summed E-state index contributed by atoms with van der Waals surface area (Å²) in [6.45, 7) is 0. The first-order valence-electron chi connectivity index (χ1n) is 25.4. The molecule has 1 saturated carbocycles. The Kier molecular flexibility index (Phi) is 2.50. The van der Waals surface area contributed by atoms with Crippen LogP contribution in [0.25, 0.3) is 0 Å². The summed E-state index contributed by atoms with van der Waals surface area (Å²) in [5.41, 5.74) is -2.76. The third-order valence-corrected chi connectivity index (χ3v) is 4.79. The minimum Gasteiger partial charge on any atom is -0.294 e. The number of benzene rings is 1. The monoisotopic (exact) mass is 499 g/mol. The second-order valence-electron chi connectivity index (χ2n) is 7.16. The van der Waals surface area contributed by atoms with Crippen molar-refractivity contribution >= 4 is 17.1 Å². The normalized spacial score (nSPS) is 58.1. The number of aromatic nitrogens is 1. The quantitative estimate of drug-likeness (QED) is 0.374. The number of pyridine rings is 1. The van der Waals surface area contributed by atoms with Crippen molar-refractivity contribution < 1.29 is 41.2 Å². The van der Waals surface area contributed by atoms with E-state index in [-0.39, 0.29) is 16.7 Å². The predicted molar refractivity (Wildman–Crippen MR) is 146 cm³/mol. The molecule has 0 amide bonds. The van der Waals surface area contributed by atoms with E-state index in [0.29, 0.717) is 5.42 Å². The summed E-state index contributed by atoms with van der Waals surface area (Å²) in [6.07, 6.45) is -60.0. The maximum Gasteiger partial charge on any atom is 0.199 e. The fraction of sp³-hybridized carbons (Fsp3) is 0.548. The largest absolute Gasteiger partial charge is 0.294 e. The van der Waals surface area contributed by atoms with Crippen LogP contribution < -0.4 is 10.8 Å². The number of nitrogens with zero attached hydrogens (tertiary/aromatic N) is 2. The number of hydrazine groups is 1. The first kappa shape index (κ1) is 7.15. The maximum atomic E-state index is 9.70. The Hall–Kier alpha value is -2.80. The SMILES string of the molecule is [2H]c1nc2c3c(c1[2H])C([2H])([2H])C1([2H])C([2H])([2H])C([2H])([2H])C([2H])([2H])C([2H])([2H])C1([2H])C([2H])([2H])C([2H])([2H])C([2H])([2H])C([2H])([2H])C([2H])([2H])C([2H])([2H])C([2H])([2H])CCc1cccc(c1)N([2H])N([2H])C#CC(=N3)C2. The number of hydrogen-bond acceptors (Lipinski definition) is 4. The zero-order valence-electron chi connectivity index (χ0n) is 48.2. The number of hydrogen-bond donors (Lipinski definition) is 2. The molecular formula is C31H40N4. The molecule has 0 saturated heterocycles. The highest BCUT2D eigenvalue weighted by Crippen LogP contribution is 2.39. The molecule has 3 heterocycles. The first-order chi connectivity index (χ1) is 28.8. The van der Waals surface area contributed by atoms with Gasteiger partial charge < -0.3 is 0 Å². The Morgan fingerprint density at radius 2 is 1.83 bits per heavy atom. The van der Waals surface area contributed by atoms with Crippen molar-refractivity contribution in [3.05, 3.63) is 53.3 Å². The summed E-state index contributed by atoms with van der Waals surface area (Å²) in [5, 5.41) is 0. The summed E-state index contributed by atoms with van der Waals surface area (Å²) < 4.78 is 265. The molecule has 4 heteroatoms. The van der Waals surface area contributed by atoms with Crippen LogP contribution in [0.5, 0.6) is 0 Å². The van der Waals surface area contributed by atoms with Gasteiger partial charge in [-0.05, 0) is 72.6 Å². The van der Waals surface area contributed by atoms with Gasteiger partial charge in [0.15, 0.2) is 2.82 Å². The molecule has 1 fully saturated rings. The lowest BCUT2D eigenvalue weighted by Gasteiger charge is -2.32. The molecule has 1 aliphatic carbocycles. The molecule has 0 spiro atoms. The highest BCUT2D eigenvalue weighted by atomic mass is 15.3. The van der Waals surface area contributed by atoms with E-state index in [1.54, 1.807) is 0 Å². The van der Waals surface area contributed by atoms with E-state index >= 15 is 0 Å². The smallest absolute Gasteiger partial charge is 0.199 e. The van der Waals surface area contributed by atoms with Crippen LogP contribution in [0.4, 0.5) is 11.4 Å². The summed E-state index contributed by atoms with van der Waals surface area (Å²) in [7, 11) is 0. The van der Waals surface area contributed by atoms with E-state index in [1.165, 1.54) is 24.3 Å². The Bertz CT molecular complexity index is 2360. The van der Waals surface area contributed by atoms with E-state index in [1.807, 2.05) is 0 Å². The van der Waals surface area contributed by atoms with Gasteiger partial charge in [-0.15, -0.1) is 0 Å². The van der Waals surface area contributed by atoms with E-state index in [2.05, 4.69) is 21.9 Å². The van der Waals surface area contributed by atoms with Gasteiger partial charge in [0, 0.05) is 54.3 Å². The van der Waals surface area contributed by atoms with Crippen LogP contribution in [-0.2, 0) is 19.2 Å². The van der Waals surface area contributed by atoms with Crippen LogP contribution in [0.15, 0.2) is 41.5 Å². The molecule has 2 aromatic rings. The van der Waals surface area contributed by atoms with Crippen molar-refractivity contribution in [3.8, 4) is 12.0 Å². The fourth-order valence-electron chi connectivity index (χ4n) is 3.22. The van der Waals surface area contributed by atoms with Crippen LogP contribution in [0.2, 0.25) is 2.82 Å². The zero-order valence-corrected chi connectivity index (χ0v) is 18.2. The van der Waals surface area contributed by atoms with Gasteiger partial charge in [-0.3, -0.25) is 15.8 Å². The molecule has 4 bridgehead atoms. The lowest BCUT2D eigenvalue weighted by molar-refractivity contribution is 0.217. The van der Waals surface area contributed by atoms with E-state index in [4.69, 9.17) is 33.0 Å². The van der Waals surface area contributed by atoms with Crippen molar-refractivity contribution in [2.75, 3.05) is 5.42 Å². The van der Waals surface area contributed by atoms with Crippen molar-refractivity contribution in [2.45, 2.75) is 95.7 Å². The Balaban J connectivity index is 1.99. The van der Waals surface area contributed by atoms with Crippen LogP contribution in [0.3, 0.4) is 0 Å². The Morgan fingerprint density at radius 3 is 2.74 bits per heavy atom. The third-order valence-electron chi connectivity index (χ3n) is 4.79. The molecule has 2 N–H and O–H groups in total. The highest BCUT2D eigenvalue weighted by Gasteiger charge is 2.27. The molecule has 1 aromatic carbocycles. The van der Waals surface area contributed by atoms with E-state index < -0.39 is 142 Å². The Labute approximate surface area is 253 Å². The van der Waals surface area contributed by atoms with Gasteiger partial charge >= 0.3 is 0 Å². The van der Waals surface area contributed by atoms with Gasteiger partial charge in [0.05, 0.1) is 25.5 Å². The highest BCUT2D eigenvalue weighted by molar-refractivity contribution is 6.06. The molecule has 3 aliphatic rings. The van der Waals surface area contributed by atoms with Gasteiger partial charge in [-0.1, -0.05) is 75.9 Å². The molecule has 2 unspecified atom stereocenters. The third kappa shape index (κ3) is 6.66. The van der Waals surface area contributed by atoms with Gasteiger partial charge in [-0.25, -0.2) is 4.99 Å². The fourth-order valence-corrected chi connectivity index (χ4v) is 3.22. The summed E-state index contributed by atoms with van der Waals surface area (Å²) in [5.74, 6) is -8.06. The molecule has 1 aromatic heterocycles. The van der Waals surface area contributed by atoms with Crippen molar-refractivity contribution in [1.29, 1.82) is 0 Å². The number of aliphatic imine (C=N–C) groups is 1. The molecule has 184 valence electrons. The molecule has 5 rings (SSSR count). The van der Waals surface area contributed by atoms with Gasteiger partial charge in [0.25, 0.3) is 0 Å². The van der Waals surface area contributed by atoms with Crippen molar-refractivity contribution in [2.24, 2.45) is 16.8 Å². The second kappa shape index (κ2) is 12.2. The molecule has 4 nitrogen and oxygen atoms in total. The van der Waals surface area contributed by atoms with Crippen LogP contribution in [0, 0.1) is 23.8 Å². The van der Waals surface area contributed by atoms with E-state index in [9.17, 15) is 8.22 Å². The summed E-state index contributed by atoms with van der Waals surface area (Å²) >= 11 is 0. The number of aryl methyl sites for hydroxylation is 1. The molecule has 2 atom stereocenters. The van der Waals surface area contributed by atoms with Gasteiger partial charge in [0.1, 0.15) is 0 Å². The standard InChI is InChI=1S/C31H40N4/c1-2-4-6-11-24-12-10-16-29(21-24)35-33-20-18-28-23-30-31(34-28)27(17-19-32-30)22-26-15-9-8-14-25(26)13-7-5-3-1/h10,12,16-17,19,21,25-26,33,35H,1-9,11,13-15,22-23H2/i1D2,2D2,3D2,4D2,5D2,7D2,8D2,9D2,13D2,14D2,15D2,17D,19D,22D2,25D,26D/hD2. The minimum atomic E-state index is -5.32. The van der Waals surface area contributed by atoms with Crippen LogP contribution in [-0.4, -0.2) is 10.7 Å². The molecule has 2 aliphatic heterocycles. The zero-order chi connectivity index (χ0) is 50.6. The summed E-state index contributed by atoms with van der Waals surface area (Å²) in [6, 6.07) is 5.93. The second-order valence-corrected chi connectivity index (χ2v) is 7.16. The topological polar surface area (TPSA) is 49.3 Å². The first-order valence-corrected chi connectivity index (χ1v) is 10.5. The van der Waals surface area contributed by atoms with E-state index in [0.717, 1.165) is 0 Å². The lowest BCUT2D eigenvalue weighted by atomic mass is 9.74. The lowest BCUT2D eigenvalue weighted by Crippen LogP contribution is -2.21. The van der Waals surface area contributed by atoms with Gasteiger partial charge in [0.2, 0.25) is 0 Å². The van der Waals surface area contributed by atoms with Gasteiger partial charge in [-0.2, -0.15) is 0 Å². The maximum absolute atomic E-state index is 9.70. The molecule has 35 heavy (non-hydrogen) atoms. The van der Waals surface area contributed by atoms with Crippen molar-refractivity contribution in [1.82, 2.24) is 10.4 Å². The van der Waals surface area contributed by atoms with Crippen LogP contribution >= 0.6 is 0 Å². The minimum absolute atomic E-state index is 0.119. The number of anilines is 1. The average molecular weight is 499 g/mol. The number of nitrogens with one attached hydrogen (secondary N) is 2.